The first-order chi connectivity index (χ1) is 16.1. The molecule has 0 saturated heterocycles. The highest BCUT2D eigenvalue weighted by Gasteiger charge is 2.47. The minimum absolute atomic E-state index is 0.0450. The molecular weight excluding hydrogens is 460 g/mol. The summed E-state index contributed by atoms with van der Waals surface area (Å²) in [6.07, 6.45) is 0.686. The molecule has 2 aromatic rings. The van der Waals surface area contributed by atoms with E-state index in [-0.39, 0.29) is 16.7 Å². The maximum atomic E-state index is 13.5. The van der Waals surface area contributed by atoms with Crippen LogP contribution in [0, 0.1) is 11.3 Å². The Morgan fingerprint density at radius 2 is 1.89 bits per heavy atom. The molecule has 1 unspecified atom stereocenters. The number of carbonyl (C=O) groups is 1. The minimum Gasteiger partial charge on any atom is -0.484 e. The molecule has 0 radical (unpaired) electrons. The molecule has 0 saturated carbocycles. The number of carbonyl (C=O) groups excluding carboxylic acids is 1. The topological polar surface area (TPSA) is 90.5 Å². The molecule has 3 rings (SSSR count). The molecule has 8 heteroatoms. The van der Waals surface area contributed by atoms with E-state index in [4.69, 9.17) is 13.9 Å². The molecule has 0 N–H and O–H groups in total. The number of nitrogens with zero attached hydrogens (tertiary/aromatic N) is 2. The summed E-state index contributed by atoms with van der Waals surface area (Å²) < 4.78 is 19.9. The number of pyridine rings is 1. The normalized spacial score (nSPS) is 20.2. The molecular formula is C27H36N2O5Si. The molecule has 1 aliphatic heterocycles. The summed E-state index contributed by atoms with van der Waals surface area (Å²) in [7, 11) is -2.03. The van der Waals surface area contributed by atoms with Crippen LogP contribution >= 0.6 is 0 Å². The van der Waals surface area contributed by atoms with Gasteiger partial charge in [0.1, 0.15) is 17.4 Å². The van der Waals surface area contributed by atoms with Crippen molar-refractivity contribution in [2.24, 2.45) is 0 Å². The van der Waals surface area contributed by atoms with Gasteiger partial charge in [-0.2, -0.15) is 5.26 Å². The maximum absolute atomic E-state index is 13.5. The lowest BCUT2D eigenvalue weighted by Gasteiger charge is -2.44. The first kappa shape index (κ1) is 26.7. The Morgan fingerprint density at radius 3 is 2.43 bits per heavy atom. The fourth-order valence-corrected chi connectivity index (χ4v) is 5.56. The van der Waals surface area contributed by atoms with Crippen molar-refractivity contribution in [2.45, 2.75) is 90.4 Å². The van der Waals surface area contributed by atoms with E-state index in [9.17, 15) is 14.9 Å². The van der Waals surface area contributed by atoms with Gasteiger partial charge in [0.15, 0.2) is 14.4 Å². The van der Waals surface area contributed by atoms with Gasteiger partial charge in [0.2, 0.25) is 0 Å². The van der Waals surface area contributed by atoms with Crippen LogP contribution in [0.2, 0.25) is 18.1 Å². The second-order valence-electron chi connectivity index (χ2n) is 11.3. The van der Waals surface area contributed by atoms with Crippen LogP contribution in [0.5, 0.6) is 5.75 Å². The smallest absolute Gasteiger partial charge is 0.303 e. The van der Waals surface area contributed by atoms with Crippen LogP contribution in [-0.2, 0) is 14.0 Å². The standard InChI is InChI=1S/C27H36N2O5Si/c1-17(34-35(8,9)26(3,4)5)20-12-13-29(23(31)15-20)24-21-14-19(16-28)10-11-22(21)33-27(6,7)25(24)32-18(2)30/h10-15,17,24-25H,1-9H3/t17?,24-,25+/m1/s1. The van der Waals surface area contributed by atoms with Gasteiger partial charge < -0.3 is 18.5 Å². The highest BCUT2D eigenvalue weighted by Crippen LogP contribution is 2.44. The maximum Gasteiger partial charge on any atom is 0.303 e. The van der Waals surface area contributed by atoms with Gasteiger partial charge in [0.25, 0.3) is 5.56 Å². The number of aromatic nitrogens is 1. The zero-order valence-corrected chi connectivity index (χ0v) is 23.1. The van der Waals surface area contributed by atoms with Crippen molar-refractivity contribution in [3.05, 3.63) is 63.6 Å². The monoisotopic (exact) mass is 496 g/mol. The summed E-state index contributed by atoms with van der Waals surface area (Å²) in [4.78, 5) is 25.5. The number of ether oxygens (including phenoxy) is 2. The van der Waals surface area contributed by atoms with Crippen molar-refractivity contribution in [3.8, 4) is 11.8 Å². The number of fused-ring (bicyclic) bond motifs is 1. The Bertz CT molecular complexity index is 1220. The highest BCUT2D eigenvalue weighted by molar-refractivity contribution is 6.74. The number of rotatable bonds is 5. The van der Waals surface area contributed by atoms with Crippen LogP contribution in [-0.4, -0.2) is 30.6 Å². The minimum atomic E-state index is -2.03. The molecule has 0 aliphatic carbocycles. The Hall–Kier alpha value is -2.89. The van der Waals surface area contributed by atoms with E-state index in [1.807, 2.05) is 26.8 Å². The van der Waals surface area contributed by atoms with Crippen LogP contribution in [0.1, 0.15) is 77.3 Å². The van der Waals surface area contributed by atoms with E-state index >= 15 is 0 Å². The molecule has 0 fully saturated rings. The highest BCUT2D eigenvalue weighted by atomic mass is 28.4. The first-order valence-electron chi connectivity index (χ1n) is 11.9. The molecule has 0 spiro atoms. The molecule has 1 aromatic carbocycles. The molecule has 2 heterocycles. The first-order valence-corrected chi connectivity index (χ1v) is 14.8. The van der Waals surface area contributed by atoms with Crippen LogP contribution in [0.15, 0.2) is 41.3 Å². The summed E-state index contributed by atoms with van der Waals surface area (Å²) in [5, 5.41) is 9.50. The largest absolute Gasteiger partial charge is 0.484 e. The van der Waals surface area contributed by atoms with Crippen molar-refractivity contribution in [2.75, 3.05) is 0 Å². The number of hydrogen-bond donors (Lipinski definition) is 0. The van der Waals surface area contributed by atoms with Crippen molar-refractivity contribution < 1.29 is 18.7 Å². The lowest BCUT2D eigenvalue weighted by Crippen LogP contribution is -2.54. The van der Waals surface area contributed by atoms with Gasteiger partial charge in [-0.15, -0.1) is 0 Å². The summed E-state index contributed by atoms with van der Waals surface area (Å²) in [5.41, 5.74) is 0.683. The van der Waals surface area contributed by atoms with Crippen LogP contribution < -0.4 is 10.3 Å². The van der Waals surface area contributed by atoms with Gasteiger partial charge in [0.05, 0.1) is 17.7 Å². The average molecular weight is 497 g/mol. The zero-order valence-electron chi connectivity index (χ0n) is 22.1. The summed E-state index contributed by atoms with van der Waals surface area (Å²) in [5.74, 6) is 0.0747. The van der Waals surface area contributed by atoms with E-state index in [1.54, 1.807) is 35.0 Å². The Balaban J connectivity index is 2.10. The predicted molar refractivity (Wildman–Crippen MR) is 137 cm³/mol. The fraction of sp³-hybridized carbons (Fsp3) is 0.519. The van der Waals surface area contributed by atoms with Crippen molar-refractivity contribution >= 4 is 14.3 Å². The summed E-state index contributed by atoms with van der Waals surface area (Å²) in [6.45, 7) is 17.8. The van der Waals surface area contributed by atoms with Gasteiger partial charge in [-0.05, 0) is 68.7 Å². The van der Waals surface area contributed by atoms with Gasteiger partial charge in [-0.25, -0.2) is 0 Å². The van der Waals surface area contributed by atoms with E-state index in [0.29, 0.717) is 16.9 Å². The van der Waals surface area contributed by atoms with E-state index in [1.165, 1.54) is 6.92 Å². The Kier molecular flexibility index (Phi) is 7.08. The number of nitriles is 1. The van der Waals surface area contributed by atoms with Gasteiger partial charge in [0, 0.05) is 24.8 Å². The Labute approximate surface area is 208 Å². The van der Waals surface area contributed by atoms with Crippen molar-refractivity contribution in [1.29, 1.82) is 5.26 Å². The molecule has 0 amide bonds. The molecule has 1 aromatic heterocycles. The Morgan fingerprint density at radius 1 is 1.23 bits per heavy atom. The molecule has 0 bridgehead atoms. The average Bonchev–Trinajstić information content (AvgIpc) is 2.72. The van der Waals surface area contributed by atoms with Crippen LogP contribution in [0.4, 0.5) is 0 Å². The summed E-state index contributed by atoms with van der Waals surface area (Å²) >= 11 is 0. The van der Waals surface area contributed by atoms with Gasteiger partial charge in [-0.3, -0.25) is 9.59 Å². The third-order valence-electron chi connectivity index (χ3n) is 7.11. The second kappa shape index (κ2) is 9.28. The van der Waals surface area contributed by atoms with Crippen molar-refractivity contribution in [1.82, 2.24) is 4.57 Å². The summed E-state index contributed by atoms with van der Waals surface area (Å²) in [6, 6.07) is 10.0. The molecule has 7 nitrogen and oxygen atoms in total. The number of hydrogen-bond acceptors (Lipinski definition) is 6. The number of esters is 1. The third kappa shape index (κ3) is 5.36. The zero-order chi connectivity index (χ0) is 26.3. The molecule has 188 valence electrons. The van der Waals surface area contributed by atoms with E-state index < -0.39 is 32.0 Å². The second-order valence-corrected chi connectivity index (χ2v) is 16.0. The van der Waals surface area contributed by atoms with Crippen molar-refractivity contribution in [3.63, 3.8) is 0 Å². The quantitative estimate of drug-likeness (QED) is 0.401. The predicted octanol–water partition coefficient (Wildman–Crippen LogP) is 5.49. The van der Waals surface area contributed by atoms with Crippen LogP contribution in [0.3, 0.4) is 0 Å². The van der Waals surface area contributed by atoms with Gasteiger partial charge >= 0.3 is 5.97 Å². The van der Waals surface area contributed by atoms with Gasteiger partial charge in [-0.1, -0.05) is 20.8 Å². The molecule has 35 heavy (non-hydrogen) atoms. The molecule has 1 aliphatic rings. The fourth-order valence-electron chi connectivity index (χ4n) is 4.18. The lowest BCUT2D eigenvalue weighted by atomic mass is 9.85. The molecule has 3 atom stereocenters. The number of benzene rings is 1. The third-order valence-corrected chi connectivity index (χ3v) is 11.7. The van der Waals surface area contributed by atoms with E-state index in [2.05, 4.69) is 39.9 Å². The van der Waals surface area contributed by atoms with E-state index in [0.717, 1.165) is 5.56 Å². The SMILES string of the molecule is CC(=O)O[C@H]1[C@H](n2ccc(C(C)O[Si](C)(C)C(C)(C)C)cc2=O)c2cc(C#N)ccc2OC1(C)C. The lowest BCUT2D eigenvalue weighted by molar-refractivity contribution is -0.163. The van der Waals surface area contributed by atoms with Crippen LogP contribution in [0.25, 0.3) is 0 Å².